The first-order valence-corrected chi connectivity index (χ1v) is 10.3. The minimum atomic E-state index is 0.850. The van der Waals surface area contributed by atoms with Gasteiger partial charge in [-0.3, -0.25) is 4.90 Å². The third-order valence-corrected chi connectivity index (χ3v) is 5.76. The summed E-state index contributed by atoms with van der Waals surface area (Å²) in [5.41, 5.74) is 3.75. The van der Waals surface area contributed by atoms with Gasteiger partial charge in [-0.05, 0) is 41.1 Å². The summed E-state index contributed by atoms with van der Waals surface area (Å²) in [5, 5.41) is 5.95. The molecule has 0 aliphatic heterocycles. The van der Waals surface area contributed by atoms with Crippen LogP contribution in [0.4, 0.5) is 0 Å². The Hall–Kier alpha value is -2.69. The molecule has 0 aliphatic carbocycles. The first-order chi connectivity index (χ1) is 13.7. The molecule has 0 atom stereocenters. The Morgan fingerprint density at radius 2 is 1.71 bits per heavy atom. The number of benzene rings is 3. The topological polar surface area (TPSA) is 25.4 Å². The summed E-state index contributed by atoms with van der Waals surface area (Å²) in [5.74, 6) is 0.888. The van der Waals surface area contributed by atoms with Crippen LogP contribution in [0, 0.1) is 0 Å². The fraction of sp³-hybridized carbons (Fsp3) is 0.208. The quantitative estimate of drug-likeness (QED) is 0.416. The van der Waals surface area contributed by atoms with Crippen molar-refractivity contribution in [1.82, 2.24) is 9.88 Å². The Morgan fingerprint density at radius 1 is 0.929 bits per heavy atom. The molecule has 0 radical (unpaired) electrons. The summed E-state index contributed by atoms with van der Waals surface area (Å²) in [4.78, 5) is 7.17. The Labute approximate surface area is 170 Å². The van der Waals surface area contributed by atoms with Crippen LogP contribution in [0.15, 0.2) is 72.1 Å². The highest BCUT2D eigenvalue weighted by Gasteiger charge is 2.09. The monoisotopic (exact) mass is 388 g/mol. The van der Waals surface area contributed by atoms with Crippen LogP contribution >= 0.6 is 11.3 Å². The highest BCUT2D eigenvalue weighted by molar-refractivity contribution is 7.09. The van der Waals surface area contributed by atoms with Gasteiger partial charge in [-0.1, -0.05) is 54.6 Å². The molecule has 142 valence electrons. The highest BCUT2D eigenvalue weighted by atomic mass is 32.1. The molecule has 0 N–H and O–H groups in total. The number of fused-ring (bicyclic) bond motifs is 1. The average Bonchev–Trinajstić information content (AvgIpc) is 3.15. The summed E-state index contributed by atoms with van der Waals surface area (Å²) in [7, 11) is 3.85. The van der Waals surface area contributed by atoms with E-state index in [1.54, 1.807) is 18.4 Å². The molecule has 0 bridgehead atoms. The van der Waals surface area contributed by atoms with E-state index in [0.29, 0.717) is 0 Å². The van der Waals surface area contributed by atoms with Crippen LogP contribution in [0.25, 0.3) is 10.8 Å². The Morgan fingerprint density at radius 3 is 2.54 bits per heavy atom. The van der Waals surface area contributed by atoms with Crippen molar-refractivity contribution in [3.8, 4) is 5.75 Å². The van der Waals surface area contributed by atoms with Crippen LogP contribution in [-0.4, -0.2) is 24.0 Å². The van der Waals surface area contributed by atoms with Gasteiger partial charge < -0.3 is 4.74 Å². The molecular formula is C24H24N2OS. The zero-order valence-electron chi connectivity index (χ0n) is 16.3. The lowest BCUT2D eigenvalue weighted by Crippen LogP contribution is -2.17. The van der Waals surface area contributed by atoms with Crippen molar-refractivity contribution in [3.05, 3.63) is 93.9 Å². The van der Waals surface area contributed by atoms with E-state index in [2.05, 4.69) is 71.9 Å². The van der Waals surface area contributed by atoms with Crippen LogP contribution in [0.1, 0.15) is 21.8 Å². The molecule has 0 amide bonds. The molecule has 0 spiro atoms. The fourth-order valence-corrected chi connectivity index (χ4v) is 4.29. The Bertz CT molecular complexity index is 1050. The standard InChI is InChI=1S/C24H24N2OS/c1-26(15-20-8-5-7-19-6-3-4-9-23(19)20)16-21-17-28-24(25-21)14-18-10-12-22(27-2)13-11-18/h3-13,17H,14-16H2,1-2H3. The lowest BCUT2D eigenvalue weighted by Gasteiger charge is -2.17. The number of methoxy groups -OCH3 is 1. The molecule has 4 heteroatoms. The molecule has 4 aromatic rings. The maximum Gasteiger partial charge on any atom is 0.118 e. The van der Waals surface area contributed by atoms with E-state index in [4.69, 9.17) is 9.72 Å². The van der Waals surface area contributed by atoms with Gasteiger partial charge in [0.2, 0.25) is 0 Å². The van der Waals surface area contributed by atoms with Gasteiger partial charge in [-0.25, -0.2) is 4.98 Å². The smallest absolute Gasteiger partial charge is 0.118 e. The van der Waals surface area contributed by atoms with E-state index in [1.807, 2.05) is 12.1 Å². The summed E-state index contributed by atoms with van der Waals surface area (Å²) >= 11 is 1.74. The molecule has 3 nitrogen and oxygen atoms in total. The van der Waals surface area contributed by atoms with Crippen LogP contribution < -0.4 is 4.74 Å². The van der Waals surface area contributed by atoms with Crippen LogP contribution in [-0.2, 0) is 19.5 Å². The second kappa shape index (κ2) is 8.55. The van der Waals surface area contributed by atoms with Gasteiger partial charge in [-0.2, -0.15) is 0 Å². The average molecular weight is 389 g/mol. The molecule has 4 rings (SSSR count). The van der Waals surface area contributed by atoms with Gasteiger partial charge in [0, 0.05) is 24.9 Å². The van der Waals surface area contributed by atoms with Crippen LogP contribution in [0.3, 0.4) is 0 Å². The first kappa shape index (κ1) is 18.7. The number of ether oxygens (including phenoxy) is 1. The van der Waals surface area contributed by atoms with E-state index in [1.165, 1.54) is 21.9 Å². The number of thiazole rings is 1. The number of aromatic nitrogens is 1. The first-order valence-electron chi connectivity index (χ1n) is 9.42. The molecule has 0 saturated heterocycles. The van der Waals surface area contributed by atoms with Gasteiger partial charge in [0.1, 0.15) is 5.75 Å². The van der Waals surface area contributed by atoms with Gasteiger partial charge in [0.05, 0.1) is 17.8 Å². The molecule has 0 unspecified atom stereocenters. The number of rotatable bonds is 7. The molecule has 3 aromatic carbocycles. The predicted molar refractivity (Wildman–Crippen MR) is 117 cm³/mol. The Balaban J connectivity index is 1.40. The van der Waals surface area contributed by atoms with Crippen LogP contribution in [0.5, 0.6) is 5.75 Å². The number of hydrogen-bond acceptors (Lipinski definition) is 4. The summed E-state index contributed by atoms with van der Waals surface area (Å²) < 4.78 is 5.22. The largest absolute Gasteiger partial charge is 0.497 e. The van der Waals surface area contributed by atoms with Crippen molar-refractivity contribution < 1.29 is 4.74 Å². The number of nitrogens with zero attached hydrogens (tertiary/aromatic N) is 2. The van der Waals surface area contributed by atoms with Crippen molar-refractivity contribution in [1.29, 1.82) is 0 Å². The minimum absolute atomic E-state index is 0.850. The van der Waals surface area contributed by atoms with Gasteiger partial charge in [0.25, 0.3) is 0 Å². The normalized spacial score (nSPS) is 11.2. The van der Waals surface area contributed by atoms with Gasteiger partial charge >= 0.3 is 0 Å². The third-order valence-electron chi connectivity index (χ3n) is 4.87. The van der Waals surface area contributed by atoms with Crippen molar-refractivity contribution in [2.45, 2.75) is 19.5 Å². The molecule has 1 heterocycles. The lowest BCUT2D eigenvalue weighted by molar-refractivity contribution is 0.317. The van der Waals surface area contributed by atoms with E-state index in [9.17, 15) is 0 Å². The maximum atomic E-state index is 5.22. The van der Waals surface area contributed by atoms with E-state index in [-0.39, 0.29) is 0 Å². The van der Waals surface area contributed by atoms with E-state index < -0.39 is 0 Å². The molecular weight excluding hydrogens is 364 g/mol. The van der Waals surface area contributed by atoms with E-state index in [0.717, 1.165) is 36.0 Å². The minimum Gasteiger partial charge on any atom is -0.497 e. The van der Waals surface area contributed by atoms with Crippen molar-refractivity contribution in [3.63, 3.8) is 0 Å². The SMILES string of the molecule is COc1ccc(Cc2nc(CN(C)Cc3cccc4ccccc34)cs2)cc1. The van der Waals surface area contributed by atoms with Crippen LogP contribution in [0.2, 0.25) is 0 Å². The molecule has 0 fully saturated rings. The van der Waals surface area contributed by atoms with Crippen molar-refractivity contribution >= 4 is 22.1 Å². The fourth-order valence-electron chi connectivity index (χ4n) is 3.47. The highest BCUT2D eigenvalue weighted by Crippen LogP contribution is 2.21. The second-order valence-corrected chi connectivity index (χ2v) is 8.01. The summed E-state index contributed by atoms with van der Waals surface area (Å²) in [6, 6.07) is 23.3. The molecule has 1 aromatic heterocycles. The molecule has 28 heavy (non-hydrogen) atoms. The lowest BCUT2D eigenvalue weighted by atomic mass is 10.0. The van der Waals surface area contributed by atoms with Gasteiger partial charge in [0.15, 0.2) is 0 Å². The number of hydrogen-bond donors (Lipinski definition) is 0. The zero-order valence-corrected chi connectivity index (χ0v) is 17.1. The third kappa shape index (κ3) is 4.41. The second-order valence-electron chi connectivity index (χ2n) is 7.07. The van der Waals surface area contributed by atoms with Gasteiger partial charge in [-0.15, -0.1) is 11.3 Å². The van der Waals surface area contributed by atoms with Crippen molar-refractivity contribution in [2.75, 3.05) is 14.2 Å². The molecule has 0 saturated carbocycles. The summed E-state index contributed by atoms with van der Waals surface area (Å²) in [6.07, 6.45) is 0.863. The maximum absolute atomic E-state index is 5.22. The predicted octanol–water partition coefficient (Wildman–Crippen LogP) is 5.53. The van der Waals surface area contributed by atoms with E-state index >= 15 is 0 Å². The van der Waals surface area contributed by atoms with Crippen molar-refractivity contribution in [2.24, 2.45) is 0 Å². The zero-order chi connectivity index (χ0) is 19.3. The summed E-state index contributed by atoms with van der Waals surface area (Å²) in [6.45, 7) is 1.76. The molecule has 0 aliphatic rings. The Kier molecular flexibility index (Phi) is 5.70.